The first-order chi connectivity index (χ1) is 15.3. The summed E-state index contributed by atoms with van der Waals surface area (Å²) >= 11 is 7.91. The van der Waals surface area contributed by atoms with E-state index < -0.39 is 0 Å². The fraction of sp³-hybridized carbons (Fsp3) is 0.208. The topological polar surface area (TPSA) is 94.3 Å². The van der Waals surface area contributed by atoms with E-state index >= 15 is 0 Å². The summed E-state index contributed by atoms with van der Waals surface area (Å²) in [6.45, 7) is 3.75. The van der Waals surface area contributed by atoms with E-state index in [1.54, 1.807) is 19.1 Å². The number of nitrogen functional groups attached to an aromatic ring is 1. The van der Waals surface area contributed by atoms with Gasteiger partial charge in [0.15, 0.2) is 5.78 Å². The van der Waals surface area contributed by atoms with Crippen LogP contribution in [-0.2, 0) is 11.2 Å². The van der Waals surface area contributed by atoms with Crippen LogP contribution in [0, 0.1) is 6.92 Å². The molecule has 164 valence electrons. The largest absolute Gasteiger partial charge is 0.486 e. The zero-order valence-electron chi connectivity index (χ0n) is 17.6. The van der Waals surface area contributed by atoms with Gasteiger partial charge in [-0.2, -0.15) is 0 Å². The number of hydrogen-bond acceptors (Lipinski definition) is 6. The summed E-state index contributed by atoms with van der Waals surface area (Å²) in [7, 11) is 0. The Bertz CT molecular complexity index is 1240. The van der Waals surface area contributed by atoms with Gasteiger partial charge in [-0.1, -0.05) is 11.6 Å². The molecule has 1 amide bonds. The minimum Gasteiger partial charge on any atom is -0.486 e. The molecule has 0 saturated heterocycles. The Hall–Kier alpha value is -3.16. The summed E-state index contributed by atoms with van der Waals surface area (Å²) in [6, 6.07) is 11.2. The molecule has 0 bridgehead atoms. The van der Waals surface area contributed by atoms with Crippen molar-refractivity contribution in [1.82, 2.24) is 10.3 Å². The summed E-state index contributed by atoms with van der Waals surface area (Å²) in [5.41, 5.74) is 9.19. The van der Waals surface area contributed by atoms with Gasteiger partial charge in [0, 0.05) is 28.6 Å². The van der Waals surface area contributed by atoms with E-state index in [-0.39, 0.29) is 17.8 Å². The van der Waals surface area contributed by atoms with Gasteiger partial charge in [-0.3, -0.25) is 9.59 Å². The van der Waals surface area contributed by atoms with E-state index in [1.165, 1.54) is 17.4 Å². The van der Waals surface area contributed by atoms with Gasteiger partial charge >= 0.3 is 0 Å². The Labute approximate surface area is 195 Å². The molecule has 4 rings (SSSR count). The monoisotopic (exact) mass is 467 g/mol. The Balaban J connectivity index is 1.38. The second kappa shape index (κ2) is 9.14. The lowest BCUT2D eigenvalue weighted by atomic mass is 10.1. The summed E-state index contributed by atoms with van der Waals surface area (Å²) in [5, 5.41) is 3.39. The average molecular weight is 468 g/mol. The lowest BCUT2D eigenvalue weighted by Gasteiger charge is -2.11. The molecule has 1 aliphatic heterocycles. The molecule has 8 heteroatoms. The van der Waals surface area contributed by atoms with E-state index in [9.17, 15) is 9.59 Å². The SMILES string of the molecule is CC(=O)c1ccc(-c2cc(Cl)c3c(c2)CC(CNC(=O)C=Cc2ccc(N)nc2C)O3)s1. The number of nitrogens with two attached hydrogens (primary N) is 1. The highest BCUT2D eigenvalue weighted by molar-refractivity contribution is 7.17. The summed E-state index contributed by atoms with van der Waals surface area (Å²) in [5.74, 6) is 0.923. The number of halogens is 1. The van der Waals surface area contributed by atoms with Crippen LogP contribution in [0.1, 0.15) is 33.4 Å². The zero-order valence-corrected chi connectivity index (χ0v) is 19.2. The third kappa shape index (κ3) is 4.84. The highest BCUT2D eigenvalue weighted by Crippen LogP contribution is 2.41. The van der Waals surface area contributed by atoms with Gasteiger partial charge in [-0.05, 0) is 67.4 Å². The Morgan fingerprint density at radius 3 is 2.84 bits per heavy atom. The molecule has 0 saturated carbocycles. The van der Waals surface area contributed by atoms with Crippen LogP contribution in [0.15, 0.2) is 42.5 Å². The molecule has 1 unspecified atom stereocenters. The molecular formula is C24H22ClN3O3S. The molecule has 1 atom stereocenters. The first-order valence-corrected chi connectivity index (χ1v) is 11.3. The molecule has 32 heavy (non-hydrogen) atoms. The molecule has 0 aliphatic carbocycles. The molecule has 0 spiro atoms. The zero-order chi connectivity index (χ0) is 22.8. The predicted molar refractivity (Wildman–Crippen MR) is 128 cm³/mol. The van der Waals surface area contributed by atoms with Gasteiger partial charge in [0.05, 0.1) is 16.4 Å². The fourth-order valence-electron chi connectivity index (χ4n) is 3.53. The van der Waals surface area contributed by atoms with Crippen LogP contribution in [-0.4, -0.2) is 29.3 Å². The number of Topliss-reactive ketones (excluding diaryl/α,β-unsaturated/α-hetero) is 1. The van der Waals surface area contributed by atoms with Crippen molar-refractivity contribution in [3.05, 3.63) is 69.2 Å². The number of aromatic nitrogens is 1. The number of benzene rings is 1. The number of ketones is 1. The number of nitrogens with zero attached hydrogens (tertiary/aromatic N) is 1. The molecule has 1 aromatic carbocycles. The number of ether oxygens (including phenoxy) is 1. The number of pyridine rings is 1. The van der Waals surface area contributed by atoms with Crippen LogP contribution >= 0.6 is 22.9 Å². The summed E-state index contributed by atoms with van der Waals surface area (Å²) in [6.07, 6.45) is 3.61. The van der Waals surface area contributed by atoms with Crippen molar-refractivity contribution in [2.24, 2.45) is 0 Å². The summed E-state index contributed by atoms with van der Waals surface area (Å²) < 4.78 is 5.97. The number of amides is 1. The van der Waals surface area contributed by atoms with Gasteiger partial charge in [0.25, 0.3) is 0 Å². The molecule has 6 nitrogen and oxygen atoms in total. The highest BCUT2D eigenvalue weighted by Gasteiger charge is 2.26. The number of thiophene rings is 1. The lowest BCUT2D eigenvalue weighted by Crippen LogP contribution is -2.33. The van der Waals surface area contributed by atoms with Gasteiger partial charge in [-0.25, -0.2) is 4.98 Å². The van der Waals surface area contributed by atoms with Gasteiger partial charge in [0.1, 0.15) is 17.7 Å². The van der Waals surface area contributed by atoms with Gasteiger partial charge < -0.3 is 15.8 Å². The maximum atomic E-state index is 12.2. The van der Waals surface area contributed by atoms with Gasteiger partial charge in [-0.15, -0.1) is 11.3 Å². The number of carbonyl (C=O) groups excluding carboxylic acids is 2. The van der Waals surface area contributed by atoms with Crippen molar-refractivity contribution >= 4 is 46.5 Å². The maximum Gasteiger partial charge on any atom is 0.244 e. The van der Waals surface area contributed by atoms with Crippen molar-refractivity contribution in [3.8, 4) is 16.2 Å². The van der Waals surface area contributed by atoms with E-state index in [0.29, 0.717) is 34.4 Å². The van der Waals surface area contributed by atoms with E-state index in [2.05, 4.69) is 10.3 Å². The number of nitrogens with one attached hydrogen (secondary N) is 1. The summed E-state index contributed by atoms with van der Waals surface area (Å²) in [4.78, 5) is 29.7. The molecule has 0 fully saturated rings. The maximum absolute atomic E-state index is 12.2. The average Bonchev–Trinajstić information content (AvgIpc) is 3.39. The quantitative estimate of drug-likeness (QED) is 0.405. The molecule has 1 aliphatic rings. The third-order valence-corrected chi connectivity index (χ3v) is 6.67. The van der Waals surface area contributed by atoms with E-state index in [1.807, 2.05) is 37.3 Å². The first kappa shape index (κ1) is 22.0. The van der Waals surface area contributed by atoms with Crippen LogP contribution in [0.25, 0.3) is 16.5 Å². The van der Waals surface area contributed by atoms with Gasteiger partial charge in [0.2, 0.25) is 5.91 Å². The third-order valence-electron chi connectivity index (χ3n) is 5.16. The highest BCUT2D eigenvalue weighted by atomic mass is 35.5. The van der Waals surface area contributed by atoms with Crippen LogP contribution in [0.4, 0.5) is 5.82 Å². The number of hydrogen-bond donors (Lipinski definition) is 2. The number of rotatable bonds is 6. The lowest BCUT2D eigenvalue weighted by molar-refractivity contribution is -0.116. The second-order valence-corrected chi connectivity index (χ2v) is 9.09. The second-order valence-electron chi connectivity index (χ2n) is 7.60. The number of fused-ring (bicyclic) bond motifs is 1. The smallest absolute Gasteiger partial charge is 0.244 e. The Kier molecular flexibility index (Phi) is 6.30. The van der Waals surface area contributed by atoms with E-state index in [4.69, 9.17) is 22.1 Å². The molecule has 0 radical (unpaired) electrons. The standard InChI is InChI=1S/C24H22ClN3O3S/c1-13-15(3-7-22(26)28-13)4-8-23(30)27-12-18-10-17-9-16(11-19(25)24(17)31-18)21-6-5-20(32-21)14(2)29/h3-9,11,18H,10,12H2,1-2H3,(H2,26,28)(H,27,30). The molecule has 3 heterocycles. The number of carbonyl (C=O) groups is 2. The van der Waals surface area contributed by atoms with Crippen molar-refractivity contribution in [1.29, 1.82) is 0 Å². The normalized spacial score (nSPS) is 14.9. The number of anilines is 1. The van der Waals surface area contributed by atoms with Crippen LogP contribution in [0.5, 0.6) is 5.75 Å². The first-order valence-electron chi connectivity index (χ1n) is 10.1. The fourth-order valence-corrected chi connectivity index (χ4v) is 4.70. The van der Waals surface area contributed by atoms with Crippen molar-refractivity contribution in [2.75, 3.05) is 12.3 Å². The molecule has 3 aromatic rings. The van der Waals surface area contributed by atoms with Crippen LogP contribution in [0.3, 0.4) is 0 Å². The van der Waals surface area contributed by atoms with Crippen molar-refractivity contribution < 1.29 is 14.3 Å². The van der Waals surface area contributed by atoms with Crippen molar-refractivity contribution in [3.63, 3.8) is 0 Å². The predicted octanol–water partition coefficient (Wildman–Crippen LogP) is 4.69. The number of aryl methyl sites for hydroxylation is 1. The molecule has 3 N–H and O–H groups in total. The molecular weight excluding hydrogens is 446 g/mol. The van der Waals surface area contributed by atoms with E-state index in [0.717, 1.165) is 27.3 Å². The van der Waals surface area contributed by atoms with Crippen molar-refractivity contribution in [2.45, 2.75) is 26.4 Å². The Morgan fingerprint density at radius 1 is 1.31 bits per heavy atom. The minimum absolute atomic E-state index is 0.0458. The van der Waals surface area contributed by atoms with Crippen LogP contribution in [0.2, 0.25) is 5.02 Å². The Morgan fingerprint density at radius 2 is 2.12 bits per heavy atom. The minimum atomic E-state index is -0.220. The van der Waals surface area contributed by atoms with Crippen LogP contribution < -0.4 is 15.8 Å². The molecule has 2 aromatic heterocycles.